The number of rotatable bonds is 6. The summed E-state index contributed by atoms with van der Waals surface area (Å²) in [5.41, 5.74) is 4.86. The van der Waals surface area contributed by atoms with E-state index in [1.807, 2.05) is 0 Å². The molecule has 102 valence electrons. The Bertz CT molecular complexity index is 338. The van der Waals surface area contributed by atoms with Gasteiger partial charge in [0.2, 0.25) is 5.91 Å². The monoisotopic (exact) mass is 277 g/mol. The number of nitrogens with two attached hydrogens (primary N) is 1. The van der Waals surface area contributed by atoms with Crippen LogP contribution < -0.4 is 11.1 Å². The molecule has 1 heterocycles. The Morgan fingerprint density at radius 2 is 2.22 bits per heavy atom. The van der Waals surface area contributed by atoms with Crippen LogP contribution >= 0.6 is 11.8 Å². The lowest BCUT2D eigenvalue weighted by Gasteiger charge is -2.20. The average molecular weight is 277 g/mol. The second kappa shape index (κ2) is 7.07. The van der Waals surface area contributed by atoms with Crippen LogP contribution in [0.2, 0.25) is 0 Å². The van der Waals surface area contributed by atoms with E-state index in [0.717, 1.165) is 0 Å². The van der Waals surface area contributed by atoms with Crippen LogP contribution in [0.4, 0.5) is 4.79 Å². The molecule has 0 bridgehead atoms. The van der Waals surface area contributed by atoms with Crippen molar-refractivity contribution in [2.75, 3.05) is 31.4 Å². The van der Waals surface area contributed by atoms with Crippen LogP contribution in [0.25, 0.3) is 0 Å². The van der Waals surface area contributed by atoms with E-state index in [1.165, 1.54) is 16.7 Å². The third kappa shape index (κ3) is 4.41. The van der Waals surface area contributed by atoms with Gasteiger partial charge in [-0.05, 0) is 0 Å². The molecule has 8 nitrogen and oxygen atoms in total. The summed E-state index contributed by atoms with van der Waals surface area (Å²) in [7, 11) is 0. The van der Waals surface area contributed by atoms with Crippen LogP contribution in [-0.4, -0.2) is 65.3 Å². The largest absolute Gasteiger partial charge is 0.480 e. The Hall–Kier alpha value is -1.48. The lowest BCUT2D eigenvalue weighted by Crippen LogP contribution is -2.47. The molecule has 1 atom stereocenters. The van der Waals surface area contributed by atoms with Crippen molar-refractivity contribution in [1.82, 2.24) is 10.2 Å². The number of primary amides is 1. The number of urea groups is 1. The van der Waals surface area contributed by atoms with Crippen molar-refractivity contribution in [1.29, 1.82) is 0 Å². The van der Waals surface area contributed by atoms with Crippen molar-refractivity contribution in [2.45, 2.75) is 6.04 Å². The van der Waals surface area contributed by atoms with Crippen molar-refractivity contribution in [3.05, 3.63) is 0 Å². The summed E-state index contributed by atoms with van der Waals surface area (Å²) < 4.78 is 4.85. The molecule has 18 heavy (non-hydrogen) atoms. The number of carbonyl (C=O) groups is 3. The van der Waals surface area contributed by atoms with Crippen LogP contribution in [0.1, 0.15) is 0 Å². The summed E-state index contributed by atoms with van der Waals surface area (Å²) in [6, 6.07) is -1.24. The van der Waals surface area contributed by atoms with E-state index in [1.54, 1.807) is 0 Å². The molecule has 0 spiro atoms. The summed E-state index contributed by atoms with van der Waals surface area (Å²) >= 11 is 1.39. The van der Waals surface area contributed by atoms with Gasteiger partial charge in [-0.2, -0.15) is 0 Å². The highest BCUT2D eigenvalue weighted by Crippen LogP contribution is 2.20. The number of aliphatic carboxylic acids is 1. The fourth-order valence-electron chi connectivity index (χ4n) is 1.35. The van der Waals surface area contributed by atoms with Crippen molar-refractivity contribution in [3.8, 4) is 0 Å². The molecule has 1 rings (SSSR count). The maximum Gasteiger partial charge on any atom is 0.327 e. The molecule has 0 saturated carbocycles. The second-order valence-corrected chi connectivity index (χ2v) is 4.57. The zero-order valence-electron chi connectivity index (χ0n) is 9.63. The van der Waals surface area contributed by atoms with E-state index in [-0.39, 0.29) is 19.8 Å². The molecule has 9 heteroatoms. The Balaban J connectivity index is 2.24. The van der Waals surface area contributed by atoms with E-state index >= 15 is 0 Å². The molecular weight excluding hydrogens is 262 g/mol. The van der Waals surface area contributed by atoms with E-state index in [4.69, 9.17) is 15.6 Å². The minimum Gasteiger partial charge on any atom is -0.480 e. The standard InChI is InChI=1S/C9H15N3O5S/c10-7(13)3-17-2-1-11-9(16)12-5-18-4-6(12)8(14)15/h6H,1-5H2,(H2,10,13)(H,11,16)(H,14,15)/t6-/m0/s1. The predicted octanol–water partition coefficient (Wildman–Crippen LogP) is -1.34. The SMILES string of the molecule is NC(=O)COCCNC(=O)N1CSC[C@H]1C(=O)O. The van der Waals surface area contributed by atoms with E-state index < -0.39 is 23.9 Å². The van der Waals surface area contributed by atoms with Gasteiger partial charge in [-0.15, -0.1) is 11.8 Å². The number of thioether (sulfide) groups is 1. The van der Waals surface area contributed by atoms with Crippen LogP contribution in [-0.2, 0) is 14.3 Å². The topological polar surface area (TPSA) is 122 Å². The highest BCUT2D eigenvalue weighted by molar-refractivity contribution is 7.99. The molecule has 0 aliphatic carbocycles. The van der Waals surface area contributed by atoms with Crippen molar-refractivity contribution < 1.29 is 24.2 Å². The number of carbonyl (C=O) groups excluding carboxylic acids is 2. The number of amides is 3. The Labute approximate surface area is 108 Å². The van der Waals surface area contributed by atoms with Gasteiger partial charge < -0.3 is 25.8 Å². The number of hydrogen-bond acceptors (Lipinski definition) is 5. The fraction of sp³-hybridized carbons (Fsp3) is 0.667. The quantitative estimate of drug-likeness (QED) is 0.516. The molecule has 0 aromatic rings. The maximum absolute atomic E-state index is 11.6. The van der Waals surface area contributed by atoms with Gasteiger partial charge in [0, 0.05) is 12.3 Å². The zero-order chi connectivity index (χ0) is 13.5. The van der Waals surface area contributed by atoms with Gasteiger partial charge in [0.1, 0.15) is 12.6 Å². The summed E-state index contributed by atoms with van der Waals surface area (Å²) in [6.45, 7) is 0.139. The summed E-state index contributed by atoms with van der Waals surface area (Å²) in [5.74, 6) is -0.852. The maximum atomic E-state index is 11.6. The first-order valence-corrected chi connectivity index (χ1v) is 6.39. The molecule has 0 aromatic heterocycles. The number of ether oxygens (including phenoxy) is 1. The third-order valence-corrected chi connectivity index (χ3v) is 3.21. The predicted molar refractivity (Wildman–Crippen MR) is 64.0 cm³/mol. The summed E-state index contributed by atoms with van der Waals surface area (Å²) in [6.07, 6.45) is 0. The van der Waals surface area contributed by atoms with Crippen molar-refractivity contribution >= 4 is 29.7 Å². The van der Waals surface area contributed by atoms with Gasteiger partial charge in [0.15, 0.2) is 0 Å². The molecule has 1 aliphatic heterocycles. The first-order valence-electron chi connectivity index (χ1n) is 5.23. The van der Waals surface area contributed by atoms with Gasteiger partial charge >= 0.3 is 12.0 Å². The molecule has 1 saturated heterocycles. The molecule has 0 radical (unpaired) electrons. The normalized spacial score (nSPS) is 18.7. The molecule has 4 N–H and O–H groups in total. The van der Waals surface area contributed by atoms with Crippen LogP contribution in [0.3, 0.4) is 0 Å². The average Bonchev–Trinajstić information content (AvgIpc) is 2.76. The molecule has 1 fully saturated rings. The summed E-state index contributed by atoms with van der Waals surface area (Å²) in [4.78, 5) is 34.1. The van der Waals surface area contributed by atoms with E-state index in [0.29, 0.717) is 11.6 Å². The minimum atomic E-state index is -1.01. The third-order valence-electron chi connectivity index (χ3n) is 2.20. The van der Waals surface area contributed by atoms with Gasteiger partial charge in [-0.25, -0.2) is 9.59 Å². The first kappa shape index (κ1) is 14.6. The van der Waals surface area contributed by atoms with Gasteiger partial charge in [0.05, 0.1) is 12.5 Å². The number of carboxylic acids is 1. The number of hydrogen-bond donors (Lipinski definition) is 3. The number of carboxylic acid groups (broad SMARTS) is 1. The lowest BCUT2D eigenvalue weighted by atomic mass is 10.3. The van der Waals surface area contributed by atoms with E-state index in [2.05, 4.69) is 5.32 Å². The number of nitrogens with one attached hydrogen (secondary N) is 1. The Morgan fingerprint density at radius 1 is 1.50 bits per heavy atom. The second-order valence-electron chi connectivity index (χ2n) is 3.57. The molecule has 0 unspecified atom stereocenters. The van der Waals surface area contributed by atoms with Crippen LogP contribution in [0, 0.1) is 0 Å². The zero-order valence-corrected chi connectivity index (χ0v) is 10.4. The van der Waals surface area contributed by atoms with Crippen molar-refractivity contribution in [2.24, 2.45) is 5.73 Å². The smallest absolute Gasteiger partial charge is 0.327 e. The summed E-state index contributed by atoms with van der Waals surface area (Å²) in [5, 5.41) is 11.4. The van der Waals surface area contributed by atoms with Gasteiger partial charge in [-0.1, -0.05) is 0 Å². The minimum absolute atomic E-state index is 0.146. The van der Waals surface area contributed by atoms with Crippen molar-refractivity contribution in [3.63, 3.8) is 0 Å². The van der Waals surface area contributed by atoms with Crippen LogP contribution in [0.5, 0.6) is 0 Å². The molecule has 0 aromatic carbocycles. The first-order chi connectivity index (χ1) is 8.52. The van der Waals surface area contributed by atoms with Gasteiger partial charge in [0.25, 0.3) is 0 Å². The highest BCUT2D eigenvalue weighted by atomic mass is 32.2. The highest BCUT2D eigenvalue weighted by Gasteiger charge is 2.34. The molecular formula is C9H15N3O5S. The van der Waals surface area contributed by atoms with Gasteiger partial charge in [-0.3, -0.25) is 4.79 Å². The molecule has 1 aliphatic rings. The number of nitrogens with zero attached hydrogens (tertiary/aromatic N) is 1. The Morgan fingerprint density at radius 3 is 2.83 bits per heavy atom. The lowest BCUT2D eigenvalue weighted by molar-refractivity contribution is -0.140. The Kier molecular flexibility index (Phi) is 5.72. The molecule has 3 amide bonds. The fourth-order valence-corrected chi connectivity index (χ4v) is 2.50. The van der Waals surface area contributed by atoms with Crippen LogP contribution in [0.15, 0.2) is 0 Å². The van der Waals surface area contributed by atoms with E-state index in [9.17, 15) is 14.4 Å².